The molecule has 1 aliphatic heterocycles. The molecule has 0 unspecified atom stereocenters. The fourth-order valence-electron chi connectivity index (χ4n) is 3.72. The van der Waals surface area contributed by atoms with Gasteiger partial charge >= 0.3 is 0 Å². The van der Waals surface area contributed by atoms with E-state index < -0.39 is 5.92 Å². The average Bonchev–Trinajstić information content (AvgIpc) is 3.13. The van der Waals surface area contributed by atoms with E-state index in [1.165, 1.54) is 4.90 Å². The molecular formula is C27H24N2O4S. The first-order valence-electron chi connectivity index (χ1n) is 10.8. The molecule has 1 saturated heterocycles. The predicted octanol–water partition coefficient (Wildman–Crippen LogP) is 4.68. The van der Waals surface area contributed by atoms with E-state index in [1.807, 2.05) is 72.8 Å². The van der Waals surface area contributed by atoms with Crippen molar-refractivity contribution in [2.75, 3.05) is 20.2 Å². The number of methoxy groups -OCH3 is 1. The number of rotatable bonds is 8. The van der Waals surface area contributed by atoms with Gasteiger partial charge in [0.1, 0.15) is 5.75 Å². The maximum Gasteiger partial charge on any atom is 0.293 e. The number of nitrogens with one attached hydrogen (secondary N) is 1. The van der Waals surface area contributed by atoms with Crippen LogP contribution in [0.5, 0.6) is 5.75 Å². The lowest BCUT2D eigenvalue weighted by Crippen LogP contribution is -2.39. The Morgan fingerprint density at radius 1 is 0.941 bits per heavy atom. The van der Waals surface area contributed by atoms with Gasteiger partial charge in [0.25, 0.3) is 11.1 Å². The molecule has 1 heterocycles. The predicted molar refractivity (Wildman–Crippen MR) is 133 cm³/mol. The van der Waals surface area contributed by atoms with E-state index in [1.54, 1.807) is 25.3 Å². The molecule has 6 nitrogen and oxygen atoms in total. The topological polar surface area (TPSA) is 75.7 Å². The van der Waals surface area contributed by atoms with Gasteiger partial charge in [-0.05, 0) is 46.7 Å². The van der Waals surface area contributed by atoms with Gasteiger partial charge in [0.05, 0.1) is 17.9 Å². The molecule has 0 bridgehead atoms. The Hall–Kier alpha value is -3.84. The van der Waals surface area contributed by atoms with Gasteiger partial charge in [0.2, 0.25) is 5.91 Å². The molecule has 0 saturated carbocycles. The Kier molecular flexibility index (Phi) is 7.44. The van der Waals surface area contributed by atoms with E-state index in [2.05, 4.69) is 5.32 Å². The molecular weight excluding hydrogens is 448 g/mol. The molecule has 0 atom stereocenters. The molecule has 3 amide bonds. The van der Waals surface area contributed by atoms with E-state index in [4.69, 9.17) is 4.74 Å². The molecule has 4 rings (SSSR count). The van der Waals surface area contributed by atoms with Gasteiger partial charge in [-0.15, -0.1) is 0 Å². The summed E-state index contributed by atoms with van der Waals surface area (Å²) in [5.74, 6) is -0.307. The van der Waals surface area contributed by atoms with E-state index in [0.29, 0.717) is 10.7 Å². The molecule has 0 spiro atoms. The second-order valence-corrected chi connectivity index (χ2v) is 8.65. The normalized spacial score (nSPS) is 14.6. The minimum absolute atomic E-state index is 0.104. The van der Waals surface area contributed by atoms with Crippen molar-refractivity contribution < 1.29 is 19.1 Å². The number of carbonyl (C=O) groups excluding carboxylic acids is 3. The molecule has 1 N–H and O–H groups in total. The van der Waals surface area contributed by atoms with Gasteiger partial charge in [-0.3, -0.25) is 19.3 Å². The van der Waals surface area contributed by atoms with Gasteiger partial charge in [-0.1, -0.05) is 72.8 Å². The molecule has 0 radical (unpaired) electrons. The van der Waals surface area contributed by atoms with Crippen molar-refractivity contribution in [3.63, 3.8) is 0 Å². The first-order chi connectivity index (χ1) is 16.6. The van der Waals surface area contributed by atoms with Gasteiger partial charge in [0.15, 0.2) is 0 Å². The summed E-state index contributed by atoms with van der Waals surface area (Å²) in [5.41, 5.74) is 2.55. The summed E-state index contributed by atoms with van der Waals surface area (Å²) < 4.78 is 5.14. The Labute approximate surface area is 202 Å². The van der Waals surface area contributed by atoms with Gasteiger partial charge < -0.3 is 10.1 Å². The number of hydrogen-bond donors (Lipinski definition) is 1. The van der Waals surface area contributed by atoms with Crippen molar-refractivity contribution >= 4 is 34.9 Å². The lowest BCUT2D eigenvalue weighted by molar-refractivity contribution is -0.124. The molecule has 172 valence electrons. The van der Waals surface area contributed by atoms with Crippen LogP contribution in [0.15, 0.2) is 89.8 Å². The third-order valence-corrected chi connectivity index (χ3v) is 6.36. The SMILES string of the molecule is COc1ccc(/C=C2/SC(=O)N(CCNC(=O)C(c3ccccc3)c3ccccc3)C2=O)cc1. The molecule has 34 heavy (non-hydrogen) atoms. The number of thioether (sulfide) groups is 1. The summed E-state index contributed by atoms with van der Waals surface area (Å²) in [6.45, 7) is 0.273. The molecule has 0 aliphatic carbocycles. The second kappa shape index (κ2) is 10.9. The van der Waals surface area contributed by atoms with Crippen LogP contribution in [-0.4, -0.2) is 42.2 Å². The summed E-state index contributed by atoms with van der Waals surface area (Å²) in [7, 11) is 1.58. The minimum Gasteiger partial charge on any atom is -0.497 e. The summed E-state index contributed by atoms with van der Waals surface area (Å²) in [4.78, 5) is 39.8. The average molecular weight is 473 g/mol. The smallest absolute Gasteiger partial charge is 0.293 e. The Morgan fingerprint density at radius 2 is 1.53 bits per heavy atom. The summed E-state index contributed by atoms with van der Waals surface area (Å²) in [6.07, 6.45) is 1.68. The lowest BCUT2D eigenvalue weighted by Gasteiger charge is -2.19. The zero-order valence-corrected chi connectivity index (χ0v) is 19.5. The number of imide groups is 1. The lowest BCUT2D eigenvalue weighted by atomic mass is 9.90. The maximum absolute atomic E-state index is 13.1. The van der Waals surface area contributed by atoms with E-state index >= 15 is 0 Å². The third-order valence-electron chi connectivity index (χ3n) is 5.45. The zero-order chi connectivity index (χ0) is 23.9. The monoisotopic (exact) mass is 472 g/mol. The van der Waals surface area contributed by atoms with Crippen molar-refractivity contribution in [2.24, 2.45) is 0 Å². The van der Waals surface area contributed by atoms with E-state index in [9.17, 15) is 14.4 Å². The van der Waals surface area contributed by atoms with Crippen molar-refractivity contribution in [1.82, 2.24) is 10.2 Å². The van der Waals surface area contributed by atoms with Crippen LogP contribution in [0, 0.1) is 0 Å². The standard InChI is InChI=1S/C27H24N2O4S/c1-33-22-14-12-19(13-15-22)18-23-26(31)29(27(32)34-23)17-16-28-25(30)24(20-8-4-2-5-9-20)21-10-6-3-7-11-21/h2-15,18,24H,16-17H2,1H3,(H,28,30)/b23-18+. The van der Waals surface area contributed by atoms with Gasteiger partial charge in [-0.25, -0.2) is 0 Å². The van der Waals surface area contributed by atoms with Crippen LogP contribution in [0.2, 0.25) is 0 Å². The molecule has 7 heteroatoms. The number of amides is 3. The third kappa shape index (κ3) is 5.38. The fraction of sp³-hybridized carbons (Fsp3) is 0.148. The number of ether oxygens (including phenoxy) is 1. The Morgan fingerprint density at radius 3 is 2.09 bits per heavy atom. The second-order valence-electron chi connectivity index (χ2n) is 7.65. The van der Waals surface area contributed by atoms with Crippen LogP contribution >= 0.6 is 11.8 Å². The van der Waals surface area contributed by atoms with Crippen LogP contribution in [0.4, 0.5) is 4.79 Å². The van der Waals surface area contributed by atoms with Crippen LogP contribution < -0.4 is 10.1 Å². The highest BCUT2D eigenvalue weighted by Gasteiger charge is 2.35. The van der Waals surface area contributed by atoms with Crippen LogP contribution in [-0.2, 0) is 9.59 Å². The van der Waals surface area contributed by atoms with Crippen molar-refractivity contribution in [1.29, 1.82) is 0 Å². The van der Waals surface area contributed by atoms with Gasteiger partial charge in [-0.2, -0.15) is 0 Å². The quantitative estimate of drug-likeness (QED) is 0.482. The molecule has 3 aromatic carbocycles. The van der Waals surface area contributed by atoms with Crippen molar-refractivity contribution in [3.05, 3.63) is 107 Å². The number of carbonyl (C=O) groups is 3. The van der Waals surface area contributed by atoms with Gasteiger partial charge in [0, 0.05) is 13.1 Å². The highest BCUT2D eigenvalue weighted by Crippen LogP contribution is 2.32. The van der Waals surface area contributed by atoms with Crippen LogP contribution in [0.25, 0.3) is 6.08 Å². The Bertz CT molecular complexity index is 1150. The van der Waals surface area contributed by atoms with E-state index in [-0.39, 0.29) is 30.1 Å². The summed E-state index contributed by atoms with van der Waals surface area (Å²) >= 11 is 0.900. The molecule has 3 aromatic rings. The Balaban J connectivity index is 1.40. The number of nitrogens with zero attached hydrogens (tertiary/aromatic N) is 1. The van der Waals surface area contributed by atoms with Crippen molar-refractivity contribution in [3.8, 4) is 5.75 Å². The van der Waals surface area contributed by atoms with E-state index in [0.717, 1.165) is 28.5 Å². The number of hydrogen-bond acceptors (Lipinski definition) is 5. The first-order valence-corrected chi connectivity index (χ1v) is 11.7. The maximum atomic E-state index is 13.1. The van der Waals surface area contributed by atoms with Crippen LogP contribution in [0.3, 0.4) is 0 Å². The highest BCUT2D eigenvalue weighted by atomic mass is 32.2. The fourth-order valence-corrected chi connectivity index (χ4v) is 4.59. The van der Waals surface area contributed by atoms with Crippen molar-refractivity contribution in [2.45, 2.75) is 5.92 Å². The highest BCUT2D eigenvalue weighted by molar-refractivity contribution is 8.18. The number of benzene rings is 3. The first kappa shape index (κ1) is 23.3. The molecule has 0 aromatic heterocycles. The minimum atomic E-state index is -0.479. The summed E-state index contributed by atoms with van der Waals surface area (Å²) in [6, 6.07) is 26.3. The zero-order valence-electron chi connectivity index (χ0n) is 18.6. The molecule has 1 aliphatic rings. The van der Waals surface area contributed by atoms with Crippen LogP contribution in [0.1, 0.15) is 22.6 Å². The molecule has 1 fully saturated rings. The largest absolute Gasteiger partial charge is 0.497 e. The summed E-state index contributed by atoms with van der Waals surface area (Å²) in [5, 5.41) is 2.55.